The molecule has 1 N–H and O–H groups in total. The molecular formula is C9H15BrN4O2S2. The van der Waals surface area contributed by atoms with Gasteiger partial charge in [0.25, 0.3) is 10.0 Å². The molecule has 1 fully saturated rings. The average molecular weight is 355 g/mol. The highest BCUT2D eigenvalue weighted by Crippen LogP contribution is 2.29. The number of rotatable bonds is 4. The number of thioether (sulfide) groups is 1. The van der Waals surface area contributed by atoms with E-state index >= 15 is 0 Å². The number of hydrogen-bond acceptors (Lipinski definition) is 5. The van der Waals surface area contributed by atoms with E-state index in [0.29, 0.717) is 5.25 Å². The van der Waals surface area contributed by atoms with Crippen LogP contribution in [0.2, 0.25) is 0 Å². The molecule has 1 saturated carbocycles. The molecule has 0 amide bonds. The predicted octanol–water partition coefficient (Wildman–Crippen LogP) is 1.14. The molecule has 1 aromatic rings. The van der Waals surface area contributed by atoms with E-state index in [4.69, 9.17) is 0 Å². The van der Waals surface area contributed by atoms with Gasteiger partial charge in [-0.2, -0.15) is 11.8 Å². The second-order valence-corrected chi connectivity index (χ2v) is 7.82. The molecule has 9 heteroatoms. The van der Waals surface area contributed by atoms with Crippen LogP contribution in [-0.4, -0.2) is 41.0 Å². The molecule has 2 atom stereocenters. The Morgan fingerprint density at radius 1 is 1.50 bits per heavy atom. The molecule has 0 spiro atoms. The Labute approximate surface area is 119 Å². The first-order valence-electron chi connectivity index (χ1n) is 5.54. The normalized spacial score (nSPS) is 24.6. The zero-order chi connectivity index (χ0) is 13.3. The van der Waals surface area contributed by atoms with Gasteiger partial charge in [-0.3, -0.25) is 0 Å². The summed E-state index contributed by atoms with van der Waals surface area (Å²) >= 11 is 4.90. The number of nitrogens with zero attached hydrogens (tertiary/aromatic N) is 3. The van der Waals surface area contributed by atoms with Crippen molar-refractivity contribution in [3.05, 3.63) is 4.60 Å². The maximum atomic E-state index is 12.2. The molecular weight excluding hydrogens is 340 g/mol. The standard InChI is InChI=1S/C9H15BrN4O2S2/c1-14-9(8(10)11-13-14)18(15,16)12-6-3-4-7(5-6)17-2/h6-7,12H,3-5H2,1-2H3. The number of nitrogens with one attached hydrogen (secondary N) is 1. The number of halogens is 1. The van der Waals surface area contributed by atoms with E-state index in [2.05, 4.69) is 37.2 Å². The molecule has 102 valence electrons. The molecule has 0 saturated heterocycles. The molecule has 1 aliphatic carbocycles. The van der Waals surface area contributed by atoms with Gasteiger partial charge < -0.3 is 0 Å². The lowest BCUT2D eigenvalue weighted by atomic mass is 10.3. The third-order valence-electron chi connectivity index (χ3n) is 3.03. The predicted molar refractivity (Wildman–Crippen MR) is 74.0 cm³/mol. The van der Waals surface area contributed by atoms with Gasteiger partial charge in [0.1, 0.15) is 0 Å². The Kier molecular flexibility index (Phi) is 4.35. The number of sulfonamides is 1. The monoisotopic (exact) mass is 354 g/mol. The van der Waals surface area contributed by atoms with Crippen LogP contribution in [0.4, 0.5) is 0 Å². The molecule has 2 rings (SSSR count). The largest absolute Gasteiger partial charge is 0.260 e. The van der Waals surface area contributed by atoms with Gasteiger partial charge in [-0.1, -0.05) is 5.21 Å². The Balaban J connectivity index is 2.14. The summed E-state index contributed by atoms with van der Waals surface area (Å²) < 4.78 is 28.7. The van der Waals surface area contributed by atoms with Crippen molar-refractivity contribution in [3.63, 3.8) is 0 Å². The van der Waals surface area contributed by atoms with Crippen molar-refractivity contribution in [1.29, 1.82) is 0 Å². The molecule has 1 heterocycles. The molecule has 1 aliphatic rings. The van der Waals surface area contributed by atoms with Gasteiger partial charge in [-0.15, -0.1) is 5.10 Å². The summed E-state index contributed by atoms with van der Waals surface area (Å²) in [5.41, 5.74) is 0. The fourth-order valence-corrected chi connectivity index (χ4v) is 5.32. The second-order valence-electron chi connectivity index (χ2n) is 4.30. The van der Waals surface area contributed by atoms with Gasteiger partial charge in [0.15, 0.2) is 4.60 Å². The summed E-state index contributed by atoms with van der Waals surface area (Å²) in [7, 11) is -2.00. The number of hydrogen-bond donors (Lipinski definition) is 1. The first-order chi connectivity index (χ1) is 8.44. The van der Waals surface area contributed by atoms with Crippen LogP contribution in [0.25, 0.3) is 0 Å². The van der Waals surface area contributed by atoms with Crippen LogP contribution in [0.3, 0.4) is 0 Å². The van der Waals surface area contributed by atoms with Gasteiger partial charge in [-0.25, -0.2) is 17.8 Å². The van der Waals surface area contributed by atoms with E-state index < -0.39 is 10.0 Å². The minimum absolute atomic E-state index is 0.00856. The van der Waals surface area contributed by atoms with E-state index in [0.717, 1.165) is 19.3 Å². The molecule has 0 bridgehead atoms. The van der Waals surface area contributed by atoms with E-state index in [1.807, 2.05) is 0 Å². The van der Waals surface area contributed by atoms with Gasteiger partial charge in [0, 0.05) is 18.3 Å². The van der Waals surface area contributed by atoms with Crippen molar-refractivity contribution in [3.8, 4) is 0 Å². The SMILES string of the molecule is CSC1CCC(NS(=O)(=O)c2c(Br)nnn2C)C1. The van der Waals surface area contributed by atoms with Crippen LogP contribution in [-0.2, 0) is 17.1 Å². The maximum absolute atomic E-state index is 12.2. The lowest BCUT2D eigenvalue weighted by Gasteiger charge is -2.13. The summed E-state index contributed by atoms with van der Waals surface area (Å²) in [5, 5.41) is 8.00. The molecule has 6 nitrogen and oxygen atoms in total. The summed E-state index contributed by atoms with van der Waals surface area (Å²) in [6.45, 7) is 0. The van der Waals surface area contributed by atoms with Crippen LogP contribution >= 0.6 is 27.7 Å². The molecule has 0 aromatic carbocycles. The Hall–Kier alpha value is -0.120. The van der Waals surface area contributed by atoms with Gasteiger partial charge in [0.05, 0.1) is 0 Å². The molecule has 1 aromatic heterocycles. The molecule has 18 heavy (non-hydrogen) atoms. The molecule has 2 unspecified atom stereocenters. The Morgan fingerprint density at radius 3 is 2.72 bits per heavy atom. The average Bonchev–Trinajstić information content (AvgIpc) is 2.85. The Bertz CT molecular complexity index is 511. The minimum Gasteiger partial charge on any atom is -0.235 e. The highest BCUT2D eigenvalue weighted by atomic mass is 79.9. The zero-order valence-corrected chi connectivity index (χ0v) is 13.3. The third-order valence-corrected chi connectivity index (χ3v) is 6.53. The lowest BCUT2D eigenvalue weighted by Crippen LogP contribution is -2.34. The number of aryl methyl sites for hydroxylation is 1. The van der Waals surface area contributed by atoms with Gasteiger partial charge in [0.2, 0.25) is 5.03 Å². The van der Waals surface area contributed by atoms with Crippen LogP contribution in [0, 0.1) is 0 Å². The summed E-state index contributed by atoms with van der Waals surface area (Å²) in [6, 6.07) is 0.00856. The van der Waals surface area contributed by atoms with E-state index in [9.17, 15) is 8.42 Å². The summed E-state index contributed by atoms with van der Waals surface area (Å²) in [4.78, 5) is 0. The first kappa shape index (κ1) is 14.3. The van der Waals surface area contributed by atoms with Crippen molar-refractivity contribution < 1.29 is 8.42 Å². The van der Waals surface area contributed by atoms with E-state index in [-0.39, 0.29) is 15.7 Å². The number of aromatic nitrogens is 3. The lowest BCUT2D eigenvalue weighted by molar-refractivity contribution is 0.536. The third kappa shape index (κ3) is 2.89. The summed E-state index contributed by atoms with van der Waals surface area (Å²) in [5.74, 6) is 0. The molecule has 0 radical (unpaired) electrons. The second kappa shape index (κ2) is 5.48. The van der Waals surface area contributed by atoms with E-state index in [1.165, 1.54) is 4.68 Å². The highest BCUT2D eigenvalue weighted by molar-refractivity contribution is 9.10. The van der Waals surface area contributed by atoms with Crippen molar-refractivity contribution in [2.75, 3.05) is 6.26 Å². The maximum Gasteiger partial charge on any atom is 0.260 e. The quantitative estimate of drug-likeness (QED) is 0.877. The van der Waals surface area contributed by atoms with Gasteiger partial charge in [-0.05, 0) is 41.4 Å². The topological polar surface area (TPSA) is 76.9 Å². The van der Waals surface area contributed by atoms with Crippen molar-refractivity contribution >= 4 is 37.7 Å². The van der Waals surface area contributed by atoms with Crippen LogP contribution in [0.15, 0.2) is 9.63 Å². The zero-order valence-electron chi connectivity index (χ0n) is 10.1. The fourth-order valence-electron chi connectivity index (χ4n) is 2.14. The van der Waals surface area contributed by atoms with Crippen LogP contribution in [0.5, 0.6) is 0 Å². The van der Waals surface area contributed by atoms with E-state index in [1.54, 1.807) is 18.8 Å². The van der Waals surface area contributed by atoms with Crippen molar-refractivity contribution in [1.82, 2.24) is 19.7 Å². The van der Waals surface area contributed by atoms with Crippen molar-refractivity contribution in [2.24, 2.45) is 7.05 Å². The van der Waals surface area contributed by atoms with Gasteiger partial charge >= 0.3 is 0 Å². The summed E-state index contributed by atoms with van der Waals surface area (Å²) in [6.07, 6.45) is 4.87. The van der Waals surface area contributed by atoms with Crippen LogP contribution < -0.4 is 4.72 Å². The minimum atomic E-state index is -3.56. The first-order valence-corrected chi connectivity index (χ1v) is 9.10. The fraction of sp³-hybridized carbons (Fsp3) is 0.778. The van der Waals surface area contributed by atoms with Crippen LogP contribution in [0.1, 0.15) is 19.3 Å². The molecule has 0 aliphatic heterocycles. The Morgan fingerprint density at radius 2 is 2.22 bits per heavy atom. The smallest absolute Gasteiger partial charge is 0.235 e. The highest BCUT2D eigenvalue weighted by Gasteiger charge is 2.31. The van der Waals surface area contributed by atoms with Crippen molar-refractivity contribution in [2.45, 2.75) is 35.6 Å².